The van der Waals surface area contributed by atoms with Gasteiger partial charge in [0.15, 0.2) is 0 Å². The van der Waals surface area contributed by atoms with Gasteiger partial charge in [-0.2, -0.15) is 0 Å². The van der Waals surface area contributed by atoms with Gasteiger partial charge in [0.05, 0.1) is 12.0 Å². The van der Waals surface area contributed by atoms with E-state index >= 15 is 0 Å². The normalized spacial score (nSPS) is 13.3. The molecule has 0 aliphatic rings. The van der Waals surface area contributed by atoms with Gasteiger partial charge in [-0.1, -0.05) is 72.6 Å². The molecule has 4 nitrogen and oxygen atoms in total. The average molecular weight is 335 g/mol. The van der Waals surface area contributed by atoms with Gasteiger partial charge >= 0.3 is 29.6 Å². The van der Waals surface area contributed by atoms with Crippen molar-refractivity contribution in [1.29, 1.82) is 0 Å². The van der Waals surface area contributed by atoms with Crippen molar-refractivity contribution in [3.8, 4) is 0 Å². The van der Waals surface area contributed by atoms with E-state index in [0.717, 1.165) is 19.3 Å². The fraction of sp³-hybridized carbons (Fsp3) is 0.889. The molecule has 0 aromatic heterocycles. The van der Waals surface area contributed by atoms with Crippen molar-refractivity contribution < 1.29 is 44.3 Å². The van der Waals surface area contributed by atoms with Gasteiger partial charge in [0.2, 0.25) is 5.91 Å². The monoisotopic (exact) mass is 335 g/mol. The van der Waals surface area contributed by atoms with Crippen LogP contribution >= 0.6 is 0 Å². The summed E-state index contributed by atoms with van der Waals surface area (Å²) in [6.07, 6.45) is 9.78. The molecule has 0 fully saturated rings. The fourth-order valence-corrected chi connectivity index (χ4v) is 2.54. The zero-order chi connectivity index (χ0) is 17.0. The van der Waals surface area contributed by atoms with Crippen LogP contribution in [0.15, 0.2) is 0 Å². The molecule has 5 heteroatoms. The molecule has 0 aliphatic heterocycles. The van der Waals surface area contributed by atoms with E-state index in [1.807, 2.05) is 20.8 Å². The Labute approximate surface area is 164 Å². The van der Waals surface area contributed by atoms with Gasteiger partial charge in [-0.05, 0) is 18.8 Å². The molecule has 0 aliphatic carbocycles. The minimum absolute atomic E-state index is 0. The van der Waals surface area contributed by atoms with Gasteiger partial charge < -0.3 is 15.2 Å². The molecule has 0 bridgehead atoms. The van der Waals surface area contributed by atoms with Gasteiger partial charge in [-0.25, -0.2) is 0 Å². The summed E-state index contributed by atoms with van der Waals surface area (Å²) in [7, 11) is 0. The summed E-state index contributed by atoms with van der Waals surface area (Å²) in [5, 5.41) is 13.7. The summed E-state index contributed by atoms with van der Waals surface area (Å²) in [6.45, 7) is 7.95. The predicted octanol–water partition coefficient (Wildman–Crippen LogP) is 0.0480. The smallest absolute Gasteiger partial charge is 0.548 e. The third-order valence-electron chi connectivity index (χ3n) is 4.00. The van der Waals surface area contributed by atoms with E-state index in [-0.39, 0.29) is 47.3 Å². The zero-order valence-electron chi connectivity index (χ0n) is 15.8. The first-order valence-electron chi connectivity index (χ1n) is 8.89. The van der Waals surface area contributed by atoms with E-state index in [1.54, 1.807) is 0 Å². The zero-order valence-corrected chi connectivity index (χ0v) is 17.8. The molecule has 0 spiro atoms. The molecular weight excluding hydrogens is 301 g/mol. The van der Waals surface area contributed by atoms with Crippen molar-refractivity contribution in [2.45, 2.75) is 91.5 Å². The number of carbonyl (C=O) groups excluding carboxylic acids is 2. The van der Waals surface area contributed by atoms with E-state index in [2.05, 4.69) is 12.2 Å². The topological polar surface area (TPSA) is 69.2 Å². The number of rotatable bonds is 13. The first-order chi connectivity index (χ1) is 10.4. The quantitative estimate of drug-likeness (QED) is 0.382. The van der Waals surface area contributed by atoms with Crippen molar-refractivity contribution in [1.82, 2.24) is 5.32 Å². The van der Waals surface area contributed by atoms with Gasteiger partial charge in [-0.15, -0.1) is 0 Å². The third kappa shape index (κ3) is 14.0. The molecule has 0 rings (SSSR count). The number of nitrogens with one attached hydrogen (secondary N) is 1. The maximum absolute atomic E-state index is 12.0. The number of amides is 1. The van der Waals surface area contributed by atoms with E-state index in [0.29, 0.717) is 6.42 Å². The van der Waals surface area contributed by atoms with E-state index in [9.17, 15) is 14.7 Å². The number of unbranched alkanes of at least 4 members (excludes halogenated alkanes) is 6. The molecule has 1 unspecified atom stereocenters. The molecule has 23 heavy (non-hydrogen) atoms. The van der Waals surface area contributed by atoms with Crippen LogP contribution in [0.2, 0.25) is 0 Å². The first kappa shape index (κ1) is 25.2. The van der Waals surface area contributed by atoms with Crippen LogP contribution in [-0.2, 0) is 9.59 Å². The van der Waals surface area contributed by atoms with E-state index in [1.165, 1.54) is 32.1 Å². The summed E-state index contributed by atoms with van der Waals surface area (Å²) in [4.78, 5) is 23.1. The Morgan fingerprint density at radius 3 is 1.96 bits per heavy atom. The molecule has 0 heterocycles. The van der Waals surface area contributed by atoms with Crippen LogP contribution < -0.4 is 40.0 Å². The van der Waals surface area contributed by atoms with Crippen LogP contribution in [0, 0.1) is 11.8 Å². The van der Waals surface area contributed by atoms with Crippen LogP contribution in [0.4, 0.5) is 0 Å². The van der Waals surface area contributed by atoms with Crippen molar-refractivity contribution in [2.24, 2.45) is 11.8 Å². The summed E-state index contributed by atoms with van der Waals surface area (Å²) < 4.78 is 0. The van der Waals surface area contributed by atoms with Crippen molar-refractivity contribution in [3.05, 3.63) is 0 Å². The minimum Gasteiger partial charge on any atom is -0.548 e. The first-order valence-corrected chi connectivity index (χ1v) is 8.89. The fourth-order valence-electron chi connectivity index (χ4n) is 2.54. The van der Waals surface area contributed by atoms with E-state index < -0.39 is 12.0 Å². The standard InChI is InChI=1S/C18H35NO3.Na/c1-5-6-7-8-9-10-11-12-15(4)17(20)19-16(18(21)22)13-14(2)3;/h14-16H,5-13H2,1-4H3,(H,19,20)(H,21,22);/q;+1/p-1/t15?,16-;/m0./s1. The van der Waals surface area contributed by atoms with Gasteiger partial charge in [0, 0.05) is 5.92 Å². The summed E-state index contributed by atoms with van der Waals surface area (Å²) in [5.74, 6) is -1.28. The number of carboxylic acid groups (broad SMARTS) is 1. The third-order valence-corrected chi connectivity index (χ3v) is 4.00. The molecule has 1 amide bonds. The molecule has 0 saturated carbocycles. The van der Waals surface area contributed by atoms with Gasteiger partial charge in [-0.3, -0.25) is 4.79 Å². The Morgan fingerprint density at radius 1 is 0.957 bits per heavy atom. The Hall–Kier alpha value is -0.0600. The Balaban J connectivity index is 0. The molecule has 2 atom stereocenters. The maximum atomic E-state index is 12.0. The molecule has 1 N–H and O–H groups in total. The van der Waals surface area contributed by atoms with Crippen molar-refractivity contribution in [2.75, 3.05) is 0 Å². The van der Waals surface area contributed by atoms with Crippen LogP contribution in [0.5, 0.6) is 0 Å². The van der Waals surface area contributed by atoms with Crippen LogP contribution in [-0.4, -0.2) is 17.9 Å². The van der Waals surface area contributed by atoms with Crippen molar-refractivity contribution >= 4 is 11.9 Å². The number of carbonyl (C=O) groups is 2. The SMILES string of the molecule is CCCCCCCCCC(C)C(=O)N[C@@H](CC(C)C)C(=O)[O-].[Na+]. The molecule has 0 aromatic rings. The Morgan fingerprint density at radius 2 is 1.48 bits per heavy atom. The summed E-state index contributed by atoms with van der Waals surface area (Å²) in [6, 6.07) is -0.871. The van der Waals surface area contributed by atoms with Gasteiger partial charge in [0.1, 0.15) is 0 Å². The number of carboxylic acids is 1. The van der Waals surface area contributed by atoms with Crippen LogP contribution in [0.25, 0.3) is 0 Å². The molecule has 0 radical (unpaired) electrons. The number of aliphatic carboxylic acids is 1. The summed E-state index contributed by atoms with van der Waals surface area (Å²) >= 11 is 0. The molecule has 0 saturated heterocycles. The van der Waals surface area contributed by atoms with Gasteiger partial charge in [0.25, 0.3) is 0 Å². The summed E-state index contributed by atoms with van der Waals surface area (Å²) in [5.41, 5.74) is 0. The Bertz CT molecular complexity index is 321. The number of hydrogen-bond donors (Lipinski definition) is 1. The van der Waals surface area contributed by atoms with Crippen molar-refractivity contribution in [3.63, 3.8) is 0 Å². The molecule has 130 valence electrons. The second-order valence-corrected chi connectivity index (χ2v) is 6.82. The van der Waals surface area contributed by atoms with E-state index in [4.69, 9.17) is 0 Å². The minimum atomic E-state index is -1.19. The largest absolute Gasteiger partial charge is 1.00 e. The van der Waals surface area contributed by atoms with Crippen LogP contribution in [0.1, 0.15) is 85.5 Å². The van der Waals surface area contributed by atoms with Crippen LogP contribution in [0.3, 0.4) is 0 Å². The molecular formula is C18H34NNaO3. The Kier molecular flexibility index (Phi) is 16.9. The second kappa shape index (κ2) is 15.5. The second-order valence-electron chi connectivity index (χ2n) is 6.82. The average Bonchev–Trinajstić information content (AvgIpc) is 2.44. The maximum Gasteiger partial charge on any atom is 1.00 e. The predicted molar refractivity (Wildman–Crippen MR) is 88.2 cm³/mol. The molecule has 0 aromatic carbocycles. The number of hydrogen-bond acceptors (Lipinski definition) is 3.